The molecule has 0 atom stereocenters. The first-order chi connectivity index (χ1) is 22.2. The smallest absolute Gasteiger partial charge is 0.159 e. The molecule has 0 aliphatic rings. The summed E-state index contributed by atoms with van der Waals surface area (Å²) in [6, 6.07) is 25.4. The Hall–Kier alpha value is -3.70. The first kappa shape index (κ1) is 42.3. The number of ether oxygens (including phenoxy) is 4. The van der Waals surface area contributed by atoms with Gasteiger partial charge in [0.15, 0.2) is 11.6 Å². The number of alkyl halides is 2. The number of halogens is 2. The van der Waals surface area contributed by atoms with Crippen molar-refractivity contribution < 1.29 is 38.7 Å². The zero-order valence-corrected chi connectivity index (χ0v) is 29.0. The van der Waals surface area contributed by atoms with E-state index < -0.39 is 0 Å². The van der Waals surface area contributed by atoms with E-state index in [0.29, 0.717) is 60.2 Å². The molecule has 0 bridgehead atoms. The number of aliphatic hydroxyl groups is 2. The molecule has 0 radical (unpaired) electrons. The van der Waals surface area contributed by atoms with Crippen LogP contribution in [0.4, 0.5) is 0 Å². The van der Waals surface area contributed by atoms with Gasteiger partial charge in [0.2, 0.25) is 0 Å². The Morgan fingerprint density at radius 3 is 1.08 bits per heavy atom. The predicted octanol–water partition coefficient (Wildman–Crippen LogP) is 8.74. The van der Waals surface area contributed by atoms with Crippen LogP contribution in [-0.4, -0.2) is 48.2 Å². The number of rotatable bonds is 16. The van der Waals surface area contributed by atoms with Gasteiger partial charge in [0, 0.05) is 21.8 Å². The van der Waals surface area contributed by atoms with Crippen molar-refractivity contribution in [3.8, 4) is 23.0 Å². The number of carbonyl (C=O) groups is 2. The summed E-state index contributed by atoms with van der Waals surface area (Å²) < 4.78 is 22.5. The molecule has 4 rings (SSSR count). The fraction of sp³-hybridized carbons (Fsp3) is 0.316. The van der Waals surface area contributed by atoms with Crippen LogP contribution in [0.5, 0.6) is 23.0 Å². The van der Waals surface area contributed by atoms with Gasteiger partial charge >= 0.3 is 0 Å². The maximum atomic E-state index is 11.2. The molecule has 0 fully saturated rings. The van der Waals surface area contributed by atoms with Gasteiger partial charge in [0.05, 0.1) is 13.2 Å². The molecular weight excluding hydrogens is 744 g/mol. The van der Waals surface area contributed by atoms with Crippen molar-refractivity contribution in [1.29, 1.82) is 0 Å². The Labute approximate surface area is 301 Å². The summed E-state index contributed by atoms with van der Waals surface area (Å²) in [4.78, 5) is 22.4. The van der Waals surface area contributed by atoms with Gasteiger partial charge in [-0.3, -0.25) is 9.59 Å². The molecule has 10 heteroatoms. The van der Waals surface area contributed by atoms with Gasteiger partial charge in [-0.25, -0.2) is 0 Å². The second-order valence-corrected chi connectivity index (χ2v) is 11.2. The zero-order valence-electron chi connectivity index (χ0n) is 25.8. The van der Waals surface area contributed by atoms with Gasteiger partial charge in [-0.2, -0.15) is 0 Å². The lowest BCUT2D eigenvalue weighted by Crippen LogP contribution is -2.09. The summed E-state index contributed by atoms with van der Waals surface area (Å²) in [7, 11) is 0. The summed E-state index contributed by atoms with van der Waals surface area (Å²) in [5, 5.41) is 19.9. The average molecular weight is 791 g/mol. The van der Waals surface area contributed by atoms with Gasteiger partial charge < -0.3 is 29.2 Å². The quantitative estimate of drug-likeness (QED) is 0.0659. The second-order valence-electron chi connectivity index (χ2n) is 10.1. The van der Waals surface area contributed by atoms with Crippen LogP contribution in [0.3, 0.4) is 0 Å². The van der Waals surface area contributed by atoms with E-state index in [1.165, 1.54) is 18.1 Å². The first-order valence-electron chi connectivity index (χ1n) is 14.6. The molecule has 8 nitrogen and oxygen atoms in total. The van der Waals surface area contributed by atoms with E-state index in [1.807, 2.05) is 12.1 Å². The maximum absolute atomic E-state index is 11.2. The van der Waals surface area contributed by atoms with Crippen molar-refractivity contribution in [2.75, 3.05) is 26.4 Å². The predicted molar refractivity (Wildman–Crippen MR) is 198 cm³/mol. The highest BCUT2D eigenvalue weighted by Crippen LogP contribution is 2.22. The van der Waals surface area contributed by atoms with E-state index in [2.05, 4.69) is 37.9 Å². The van der Waals surface area contributed by atoms with Gasteiger partial charge in [0.25, 0.3) is 0 Å². The Morgan fingerprint density at radius 2 is 0.792 bits per heavy atom. The third-order valence-electron chi connectivity index (χ3n) is 6.49. The van der Waals surface area contributed by atoms with Crippen LogP contribution in [0.25, 0.3) is 0 Å². The molecule has 0 unspecified atom stereocenters. The number of hydrogen-bond acceptors (Lipinski definition) is 8. The highest BCUT2D eigenvalue weighted by molar-refractivity contribution is 9.08. The highest BCUT2D eigenvalue weighted by atomic mass is 79.9. The third kappa shape index (κ3) is 14.6. The summed E-state index contributed by atoms with van der Waals surface area (Å²) in [5.74, 6) is 2.88. The van der Waals surface area contributed by atoms with E-state index in [0.717, 1.165) is 22.2 Å². The van der Waals surface area contributed by atoms with E-state index in [9.17, 15) is 19.8 Å². The summed E-state index contributed by atoms with van der Waals surface area (Å²) in [5.41, 5.74) is 5.06. The fourth-order valence-corrected chi connectivity index (χ4v) is 4.82. The van der Waals surface area contributed by atoms with Crippen LogP contribution in [0.1, 0.15) is 71.7 Å². The minimum atomic E-state index is -0.108. The van der Waals surface area contributed by atoms with E-state index in [4.69, 9.17) is 18.9 Å². The van der Waals surface area contributed by atoms with Crippen LogP contribution in [0.15, 0.2) is 84.9 Å². The molecule has 0 aliphatic carbocycles. The molecule has 4 aromatic rings. The molecule has 48 heavy (non-hydrogen) atoms. The van der Waals surface area contributed by atoms with Gasteiger partial charge in [-0.1, -0.05) is 58.8 Å². The van der Waals surface area contributed by atoms with Crippen molar-refractivity contribution in [3.63, 3.8) is 0 Å². The van der Waals surface area contributed by atoms with E-state index >= 15 is 0 Å². The second kappa shape index (κ2) is 22.8. The Balaban J connectivity index is 0.000000461. The van der Waals surface area contributed by atoms with Crippen molar-refractivity contribution >= 4 is 43.4 Å². The van der Waals surface area contributed by atoms with Crippen LogP contribution < -0.4 is 18.9 Å². The molecule has 0 amide bonds. The van der Waals surface area contributed by atoms with E-state index in [1.54, 1.807) is 73.7 Å². The standard InChI is InChI=1S/C18H18Br2O3.C18H20O5.2CH4/c2*1-13(21)16-2-4-17(5-3-16)22-6-7-23-18-9-14(11-19)8-15(10-18)12-20;;/h2-5,8-10H,6-7,11-12H2,1H3;2-5,8-10,19-20H,6-7,11-12H2,1H3;2*1H4. The minimum absolute atomic E-state index is 0. The molecule has 0 aliphatic heterocycles. The number of Topliss-reactive ketones (excluding diaryl/α,β-unsaturated/α-hetero) is 2. The van der Waals surface area contributed by atoms with Crippen LogP contribution >= 0.6 is 31.9 Å². The molecule has 0 saturated heterocycles. The molecule has 260 valence electrons. The summed E-state index contributed by atoms with van der Waals surface area (Å²) in [6.07, 6.45) is 0. The van der Waals surface area contributed by atoms with Crippen LogP contribution in [0, 0.1) is 0 Å². The molecule has 0 aromatic heterocycles. The molecule has 2 N–H and O–H groups in total. The Morgan fingerprint density at radius 1 is 0.500 bits per heavy atom. The number of ketones is 2. The average Bonchev–Trinajstić information content (AvgIpc) is 3.08. The van der Waals surface area contributed by atoms with E-state index in [-0.39, 0.29) is 39.6 Å². The van der Waals surface area contributed by atoms with Crippen molar-refractivity contribution in [2.45, 2.75) is 52.6 Å². The number of benzene rings is 4. The topological polar surface area (TPSA) is 112 Å². The Bertz CT molecular complexity index is 1380. The van der Waals surface area contributed by atoms with Crippen molar-refractivity contribution in [1.82, 2.24) is 0 Å². The third-order valence-corrected chi connectivity index (χ3v) is 7.78. The maximum Gasteiger partial charge on any atom is 0.159 e. The van der Waals surface area contributed by atoms with Gasteiger partial charge in [-0.15, -0.1) is 0 Å². The number of carbonyl (C=O) groups excluding carboxylic acids is 2. The Kier molecular flexibility index (Phi) is 20.1. The lowest BCUT2D eigenvalue weighted by molar-refractivity contribution is 0.100. The first-order valence-corrected chi connectivity index (χ1v) is 16.8. The van der Waals surface area contributed by atoms with Crippen LogP contribution in [-0.2, 0) is 23.9 Å². The molecule has 4 aromatic carbocycles. The lowest BCUT2D eigenvalue weighted by atomic mass is 10.1. The molecule has 0 spiro atoms. The number of hydrogen-bond donors (Lipinski definition) is 2. The van der Waals surface area contributed by atoms with Gasteiger partial charge in [-0.05, 0) is 109 Å². The monoisotopic (exact) mass is 788 g/mol. The number of aliphatic hydroxyl groups excluding tert-OH is 2. The molecular formula is C38H46Br2O8. The van der Waals surface area contributed by atoms with Crippen LogP contribution in [0.2, 0.25) is 0 Å². The zero-order chi connectivity index (χ0) is 33.3. The fourth-order valence-electron chi connectivity index (χ4n) is 4.17. The lowest BCUT2D eigenvalue weighted by Gasteiger charge is -2.11. The molecule has 0 heterocycles. The summed E-state index contributed by atoms with van der Waals surface area (Å²) >= 11 is 6.93. The van der Waals surface area contributed by atoms with Crippen molar-refractivity contribution in [3.05, 3.63) is 118 Å². The highest BCUT2D eigenvalue weighted by Gasteiger charge is 2.05. The molecule has 0 saturated carbocycles. The SMILES string of the molecule is C.C.CC(=O)c1ccc(OCCOc2cc(CBr)cc(CBr)c2)cc1.CC(=O)c1ccc(OCCOc2cc(CO)cc(CO)c2)cc1. The minimum Gasteiger partial charge on any atom is -0.490 e. The largest absolute Gasteiger partial charge is 0.490 e. The normalized spacial score (nSPS) is 9.96. The summed E-state index contributed by atoms with van der Waals surface area (Å²) in [6.45, 7) is 4.43. The van der Waals surface area contributed by atoms with Gasteiger partial charge in [0.1, 0.15) is 49.4 Å². The van der Waals surface area contributed by atoms with Crippen molar-refractivity contribution in [2.24, 2.45) is 0 Å².